The zero-order chi connectivity index (χ0) is 20.7. The lowest BCUT2D eigenvalue weighted by atomic mass is 9.81. The molecule has 0 amide bonds. The normalized spacial score (nSPS) is 16.5. The predicted octanol–water partition coefficient (Wildman–Crippen LogP) is 3.55. The van der Waals surface area contributed by atoms with E-state index < -0.39 is 16.0 Å². The zero-order valence-corrected chi connectivity index (χ0v) is 16.9. The van der Waals surface area contributed by atoms with Gasteiger partial charge in [0.15, 0.2) is 6.61 Å². The number of sulfonamides is 1. The van der Waals surface area contributed by atoms with Crippen molar-refractivity contribution in [1.82, 2.24) is 4.72 Å². The van der Waals surface area contributed by atoms with Crippen LogP contribution >= 0.6 is 0 Å². The molecule has 1 aliphatic carbocycles. The summed E-state index contributed by atoms with van der Waals surface area (Å²) in [6, 6.07) is 15.0. The molecule has 0 saturated carbocycles. The van der Waals surface area contributed by atoms with Crippen molar-refractivity contribution >= 4 is 22.1 Å². The second-order valence-electron chi connectivity index (χ2n) is 7.04. The molecule has 2 N–H and O–H groups in total. The summed E-state index contributed by atoms with van der Waals surface area (Å²) in [5.41, 5.74) is 2.99. The van der Waals surface area contributed by atoms with E-state index in [0.29, 0.717) is 18.7 Å². The number of carboxylic acid groups (broad SMARTS) is 1. The van der Waals surface area contributed by atoms with Crippen molar-refractivity contribution in [3.8, 4) is 5.75 Å². The van der Waals surface area contributed by atoms with Crippen LogP contribution in [-0.4, -0.2) is 32.6 Å². The summed E-state index contributed by atoms with van der Waals surface area (Å²) in [5.74, 6) is -0.179. The van der Waals surface area contributed by atoms with Crippen molar-refractivity contribution in [1.29, 1.82) is 0 Å². The largest absolute Gasteiger partial charge is 0.482 e. The van der Waals surface area contributed by atoms with E-state index in [1.54, 1.807) is 12.1 Å². The first-order valence-electron chi connectivity index (χ1n) is 9.64. The van der Waals surface area contributed by atoms with Gasteiger partial charge < -0.3 is 9.84 Å². The molecular weight excluding hydrogens is 390 g/mol. The van der Waals surface area contributed by atoms with Crippen LogP contribution in [0, 0.1) is 0 Å². The molecule has 29 heavy (non-hydrogen) atoms. The minimum absolute atomic E-state index is 0.216. The lowest BCUT2D eigenvalue weighted by Crippen LogP contribution is -2.24. The maximum Gasteiger partial charge on any atom is 0.341 e. The monoisotopic (exact) mass is 415 g/mol. The first kappa shape index (κ1) is 21.1. The van der Waals surface area contributed by atoms with Crippen molar-refractivity contribution in [2.75, 3.05) is 13.2 Å². The number of carboxylic acids is 1. The van der Waals surface area contributed by atoms with Gasteiger partial charge in [-0.25, -0.2) is 17.9 Å². The fourth-order valence-electron chi connectivity index (χ4n) is 3.64. The molecule has 0 saturated heterocycles. The molecule has 0 fully saturated rings. The Morgan fingerprint density at radius 2 is 1.97 bits per heavy atom. The van der Waals surface area contributed by atoms with Crippen LogP contribution in [0.3, 0.4) is 0 Å². The first-order valence-corrected chi connectivity index (χ1v) is 11.2. The van der Waals surface area contributed by atoms with Crippen LogP contribution in [0.2, 0.25) is 0 Å². The maximum atomic E-state index is 12.2. The molecule has 1 atom stereocenters. The van der Waals surface area contributed by atoms with Gasteiger partial charge in [-0.2, -0.15) is 0 Å². The molecule has 0 aliphatic heterocycles. The summed E-state index contributed by atoms with van der Waals surface area (Å²) in [4.78, 5) is 10.8. The molecule has 6 nitrogen and oxygen atoms in total. The van der Waals surface area contributed by atoms with E-state index in [9.17, 15) is 13.2 Å². The van der Waals surface area contributed by atoms with Gasteiger partial charge in [-0.15, -0.1) is 0 Å². The minimum atomic E-state index is -3.50. The fourth-order valence-corrected chi connectivity index (χ4v) is 4.48. The maximum absolute atomic E-state index is 12.2. The molecule has 0 bridgehead atoms. The van der Waals surface area contributed by atoms with E-state index in [-0.39, 0.29) is 12.5 Å². The third-order valence-corrected chi connectivity index (χ3v) is 6.08. The van der Waals surface area contributed by atoms with Crippen LogP contribution in [0.25, 0.3) is 6.08 Å². The van der Waals surface area contributed by atoms with Gasteiger partial charge in [-0.1, -0.05) is 42.5 Å². The second kappa shape index (κ2) is 9.71. The lowest BCUT2D eigenvalue weighted by Gasteiger charge is -2.27. The molecule has 1 aliphatic rings. The van der Waals surface area contributed by atoms with Gasteiger partial charge in [0.05, 0.1) is 0 Å². The number of nitrogens with one attached hydrogen (secondary N) is 1. The van der Waals surface area contributed by atoms with E-state index in [4.69, 9.17) is 9.84 Å². The molecule has 0 spiro atoms. The van der Waals surface area contributed by atoms with Gasteiger partial charge in [0, 0.05) is 12.0 Å². The van der Waals surface area contributed by atoms with Crippen molar-refractivity contribution in [2.24, 2.45) is 0 Å². The second-order valence-corrected chi connectivity index (χ2v) is 8.69. The van der Waals surface area contributed by atoms with Crippen LogP contribution in [0.5, 0.6) is 5.75 Å². The average Bonchev–Trinajstić information content (AvgIpc) is 2.71. The fraction of sp³-hybridized carbons (Fsp3) is 0.318. The molecule has 2 aromatic rings. The molecule has 0 radical (unpaired) electrons. The van der Waals surface area contributed by atoms with Gasteiger partial charge >= 0.3 is 5.97 Å². The van der Waals surface area contributed by atoms with Gasteiger partial charge in [0.2, 0.25) is 10.0 Å². The quantitative estimate of drug-likeness (QED) is 0.653. The van der Waals surface area contributed by atoms with E-state index in [1.165, 1.54) is 5.41 Å². The Morgan fingerprint density at radius 1 is 1.17 bits per heavy atom. The van der Waals surface area contributed by atoms with Crippen LogP contribution in [0.15, 0.2) is 53.9 Å². The van der Waals surface area contributed by atoms with E-state index in [1.807, 2.05) is 42.5 Å². The third kappa shape index (κ3) is 6.17. The summed E-state index contributed by atoms with van der Waals surface area (Å²) in [5, 5.41) is 10.0. The molecule has 1 unspecified atom stereocenters. The number of rotatable bonds is 9. The summed E-state index contributed by atoms with van der Waals surface area (Å²) in [6.07, 6.45) is 5.02. The van der Waals surface area contributed by atoms with Crippen LogP contribution in [0.4, 0.5) is 0 Å². The SMILES string of the molecule is O=C(O)COc1cccc2c1CCCC2CCNS(=O)(=O)/C=C/c1ccccc1. The van der Waals surface area contributed by atoms with Crippen LogP contribution in [-0.2, 0) is 21.2 Å². The molecule has 7 heteroatoms. The van der Waals surface area contributed by atoms with E-state index >= 15 is 0 Å². The van der Waals surface area contributed by atoms with Crippen LogP contribution < -0.4 is 9.46 Å². The Kier molecular flexibility index (Phi) is 7.06. The number of benzene rings is 2. The molecule has 2 aromatic carbocycles. The molecule has 3 rings (SSSR count). The Morgan fingerprint density at radius 3 is 2.72 bits per heavy atom. The first-order chi connectivity index (χ1) is 13.9. The number of fused-ring (bicyclic) bond motifs is 1. The predicted molar refractivity (Wildman–Crippen MR) is 112 cm³/mol. The van der Waals surface area contributed by atoms with Crippen molar-refractivity contribution in [3.63, 3.8) is 0 Å². The third-order valence-electron chi connectivity index (χ3n) is 4.97. The van der Waals surface area contributed by atoms with Gasteiger partial charge in [0.25, 0.3) is 0 Å². The summed E-state index contributed by atoms with van der Waals surface area (Å²) >= 11 is 0. The number of hydrogen-bond acceptors (Lipinski definition) is 4. The van der Waals surface area contributed by atoms with Crippen molar-refractivity contribution in [3.05, 3.63) is 70.6 Å². The van der Waals surface area contributed by atoms with Gasteiger partial charge in [0.1, 0.15) is 5.75 Å². The number of carbonyl (C=O) groups is 1. The van der Waals surface area contributed by atoms with Crippen molar-refractivity contribution < 1.29 is 23.1 Å². The highest BCUT2D eigenvalue weighted by Crippen LogP contribution is 2.38. The number of aliphatic carboxylic acids is 1. The lowest BCUT2D eigenvalue weighted by molar-refractivity contribution is -0.139. The number of hydrogen-bond donors (Lipinski definition) is 2. The highest BCUT2D eigenvalue weighted by molar-refractivity contribution is 7.92. The molecule has 0 aromatic heterocycles. The highest BCUT2D eigenvalue weighted by atomic mass is 32.2. The summed E-state index contributed by atoms with van der Waals surface area (Å²) < 4.78 is 32.5. The average molecular weight is 416 g/mol. The Balaban J connectivity index is 1.60. The van der Waals surface area contributed by atoms with Gasteiger partial charge in [-0.05, 0) is 60.4 Å². The topological polar surface area (TPSA) is 92.7 Å². The summed E-state index contributed by atoms with van der Waals surface area (Å²) in [6.45, 7) is -0.0273. The number of ether oxygens (including phenoxy) is 1. The van der Waals surface area contributed by atoms with Crippen molar-refractivity contribution in [2.45, 2.75) is 31.6 Å². The zero-order valence-electron chi connectivity index (χ0n) is 16.1. The van der Waals surface area contributed by atoms with E-state index in [0.717, 1.165) is 36.0 Å². The molecule has 0 heterocycles. The summed E-state index contributed by atoms with van der Waals surface area (Å²) in [7, 11) is -3.50. The standard InChI is InChI=1S/C22H25NO5S/c24-22(25)16-28-21-11-5-9-19-18(8-4-10-20(19)21)12-14-23-29(26,27)15-13-17-6-2-1-3-7-17/h1-3,5-7,9,11,13,15,18,23H,4,8,10,12,14,16H2,(H,24,25)/b15-13+. The van der Waals surface area contributed by atoms with Gasteiger partial charge in [-0.3, -0.25) is 0 Å². The minimum Gasteiger partial charge on any atom is -0.482 e. The van der Waals surface area contributed by atoms with Crippen LogP contribution in [0.1, 0.15) is 41.9 Å². The van der Waals surface area contributed by atoms with E-state index in [2.05, 4.69) is 4.72 Å². The molecular formula is C22H25NO5S. The Hall–Kier alpha value is -2.64. The highest BCUT2D eigenvalue weighted by Gasteiger charge is 2.23. The Labute approximate surface area is 171 Å². The smallest absolute Gasteiger partial charge is 0.341 e. The molecule has 154 valence electrons. The Bertz CT molecular complexity index is 970.